The summed E-state index contributed by atoms with van der Waals surface area (Å²) in [6.45, 7) is 3.19. The average Bonchev–Trinajstić information content (AvgIpc) is 2.41. The number of nitrogens with two attached hydrogens (primary N) is 1. The van der Waals surface area contributed by atoms with Gasteiger partial charge >= 0.3 is 5.97 Å². The topological polar surface area (TPSA) is 81.8 Å². The molecule has 0 aliphatic carbocycles. The van der Waals surface area contributed by atoms with Gasteiger partial charge < -0.3 is 20.3 Å². The van der Waals surface area contributed by atoms with Crippen LogP contribution in [0.3, 0.4) is 0 Å². The lowest BCUT2D eigenvalue weighted by atomic mass is 9.94. The van der Waals surface area contributed by atoms with Gasteiger partial charge in [0.1, 0.15) is 5.82 Å². The Labute approximate surface area is 117 Å². The van der Waals surface area contributed by atoms with Crippen molar-refractivity contribution in [1.29, 1.82) is 0 Å². The number of carboxylic acid groups (broad SMARTS) is 1. The molecule has 0 saturated heterocycles. The highest BCUT2D eigenvalue weighted by Gasteiger charge is 2.25. The van der Waals surface area contributed by atoms with Gasteiger partial charge in [-0.1, -0.05) is 0 Å². The Morgan fingerprint density at radius 2 is 1.80 bits per heavy atom. The standard InChI is InChI=1S/C14H20FNO4/c1-7-11(9(16)5-6-10(17)18)14(20-4)13(19-3)8(2)12(7)15/h9H,5-6,16H2,1-4H3,(H,17,18). The molecule has 0 fully saturated rings. The molecule has 112 valence electrons. The van der Waals surface area contributed by atoms with Crippen LogP contribution in [0.1, 0.15) is 35.6 Å². The molecule has 0 spiro atoms. The van der Waals surface area contributed by atoms with Crippen molar-refractivity contribution < 1.29 is 23.8 Å². The molecule has 0 aliphatic heterocycles. The van der Waals surface area contributed by atoms with Crippen molar-refractivity contribution in [3.05, 3.63) is 22.5 Å². The summed E-state index contributed by atoms with van der Waals surface area (Å²) in [6, 6.07) is -0.634. The monoisotopic (exact) mass is 285 g/mol. The molecule has 0 amide bonds. The zero-order valence-corrected chi connectivity index (χ0v) is 12.1. The van der Waals surface area contributed by atoms with Crippen LogP contribution < -0.4 is 15.2 Å². The SMILES string of the molecule is COc1c(C)c(F)c(C)c(C(N)CCC(=O)O)c1OC. The van der Waals surface area contributed by atoms with Crippen LogP contribution in [0, 0.1) is 19.7 Å². The molecule has 0 radical (unpaired) electrons. The van der Waals surface area contributed by atoms with Crippen molar-refractivity contribution >= 4 is 5.97 Å². The predicted octanol–water partition coefficient (Wildman–Crippen LogP) is 2.32. The molecule has 1 aromatic rings. The van der Waals surface area contributed by atoms with E-state index >= 15 is 0 Å². The maximum atomic E-state index is 14.2. The second-order valence-electron chi connectivity index (χ2n) is 4.58. The maximum absolute atomic E-state index is 14.2. The zero-order valence-electron chi connectivity index (χ0n) is 12.1. The third-order valence-corrected chi connectivity index (χ3v) is 3.30. The highest BCUT2D eigenvalue weighted by Crippen LogP contribution is 2.42. The van der Waals surface area contributed by atoms with Gasteiger partial charge in [0.05, 0.1) is 14.2 Å². The van der Waals surface area contributed by atoms with Crippen LogP contribution in [0.5, 0.6) is 11.5 Å². The van der Waals surface area contributed by atoms with Gasteiger partial charge in [0.25, 0.3) is 0 Å². The highest BCUT2D eigenvalue weighted by atomic mass is 19.1. The smallest absolute Gasteiger partial charge is 0.303 e. The van der Waals surface area contributed by atoms with Gasteiger partial charge in [0, 0.05) is 23.6 Å². The molecule has 1 atom stereocenters. The van der Waals surface area contributed by atoms with Crippen molar-refractivity contribution in [1.82, 2.24) is 0 Å². The normalized spacial score (nSPS) is 12.1. The molecule has 0 saturated carbocycles. The van der Waals surface area contributed by atoms with E-state index in [-0.39, 0.29) is 18.6 Å². The average molecular weight is 285 g/mol. The second-order valence-corrected chi connectivity index (χ2v) is 4.58. The van der Waals surface area contributed by atoms with Crippen molar-refractivity contribution in [2.45, 2.75) is 32.7 Å². The molecule has 3 N–H and O–H groups in total. The zero-order chi connectivity index (χ0) is 15.4. The van der Waals surface area contributed by atoms with Gasteiger partial charge in [0.2, 0.25) is 0 Å². The Balaban J connectivity index is 3.36. The van der Waals surface area contributed by atoms with Gasteiger partial charge in [-0.05, 0) is 25.8 Å². The first-order chi connectivity index (χ1) is 9.34. The Morgan fingerprint density at radius 3 is 2.25 bits per heavy atom. The number of ether oxygens (including phenoxy) is 2. The molecule has 1 aromatic carbocycles. The largest absolute Gasteiger partial charge is 0.492 e. The summed E-state index contributed by atoms with van der Waals surface area (Å²) in [7, 11) is 2.87. The van der Waals surface area contributed by atoms with Crippen LogP contribution in [0.25, 0.3) is 0 Å². The maximum Gasteiger partial charge on any atom is 0.303 e. The van der Waals surface area contributed by atoms with Gasteiger partial charge in [-0.3, -0.25) is 4.79 Å². The number of carboxylic acids is 1. The molecule has 0 bridgehead atoms. The van der Waals surface area contributed by atoms with Crippen molar-refractivity contribution in [3.8, 4) is 11.5 Å². The van der Waals surface area contributed by atoms with Crippen molar-refractivity contribution in [2.75, 3.05) is 14.2 Å². The Bertz CT molecular complexity index is 517. The fourth-order valence-corrected chi connectivity index (χ4v) is 2.28. The molecule has 5 nitrogen and oxygen atoms in total. The molecule has 20 heavy (non-hydrogen) atoms. The minimum Gasteiger partial charge on any atom is -0.492 e. The van der Waals surface area contributed by atoms with E-state index < -0.39 is 17.8 Å². The van der Waals surface area contributed by atoms with E-state index in [9.17, 15) is 9.18 Å². The van der Waals surface area contributed by atoms with Gasteiger partial charge in [0.15, 0.2) is 11.5 Å². The van der Waals surface area contributed by atoms with E-state index in [4.69, 9.17) is 20.3 Å². The molecule has 0 aliphatic rings. The number of hydrogen-bond acceptors (Lipinski definition) is 4. The third-order valence-electron chi connectivity index (χ3n) is 3.30. The minimum atomic E-state index is -0.948. The first kappa shape index (κ1) is 16.2. The molecular weight excluding hydrogens is 265 g/mol. The Hall–Kier alpha value is -1.82. The van der Waals surface area contributed by atoms with Crippen molar-refractivity contribution in [2.24, 2.45) is 5.73 Å². The van der Waals surface area contributed by atoms with E-state index in [0.29, 0.717) is 22.4 Å². The first-order valence-corrected chi connectivity index (χ1v) is 6.23. The summed E-state index contributed by atoms with van der Waals surface area (Å²) in [5, 5.41) is 8.72. The number of halogens is 1. The summed E-state index contributed by atoms with van der Waals surface area (Å²) in [6.07, 6.45) is 0.0970. The van der Waals surface area contributed by atoms with Crippen LogP contribution in [-0.4, -0.2) is 25.3 Å². The van der Waals surface area contributed by atoms with E-state index in [0.717, 1.165) is 0 Å². The third kappa shape index (κ3) is 3.01. The van der Waals surface area contributed by atoms with Crippen LogP contribution in [0.15, 0.2) is 0 Å². The minimum absolute atomic E-state index is 0.0957. The number of aliphatic carboxylic acids is 1. The summed E-state index contributed by atoms with van der Waals surface area (Å²) < 4.78 is 24.7. The van der Waals surface area contributed by atoms with Crippen LogP contribution in [-0.2, 0) is 4.79 Å². The first-order valence-electron chi connectivity index (χ1n) is 6.23. The summed E-state index contributed by atoms with van der Waals surface area (Å²) in [5.41, 5.74) is 7.15. The van der Waals surface area contributed by atoms with E-state index in [2.05, 4.69) is 0 Å². The van der Waals surface area contributed by atoms with Crippen molar-refractivity contribution in [3.63, 3.8) is 0 Å². The van der Waals surface area contributed by atoms with Crippen LogP contribution >= 0.6 is 0 Å². The quantitative estimate of drug-likeness (QED) is 0.838. The summed E-state index contributed by atoms with van der Waals surface area (Å²) in [5.74, 6) is -0.710. The molecule has 0 heterocycles. The number of methoxy groups -OCH3 is 2. The number of benzene rings is 1. The predicted molar refractivity (Wildman–Crippen MR) is 72.8 cm³/mol. The van der Waals surface area contributed by atoms with Crippen LogP contribution in [0.2, 0.25) is 0 Å². The summed E-state index contributed by atoms with van der Waals surface area (Å²) >= 11 is 0. The fourth-order valence-electron chi connectivity index (χ4n) is 2.28. The molecule has 1 rings (SSSR count). The highest BCUT2D eigenvalue weighted by molar-refractivity contribution is 5.67. The number of rotatable bonds is 6. The van der Waals surface area contributed by atoms with Gasteiger partial charge in [-0.2, -0.15) is 0 Å². The number of carbonyl (C=O) groups is 1. The molecule has 6 heteroatoms. The molecule has 1 unspecified atom stereocenters. The van der Waals surface area contributed by atoms with Crippen LogP contribution in [0.4, 0.5) is 4.39 Å². The van der Waals surface area contributed by atoms with E-state index in [1.807, 2.05) is 0 Å². The Kier molecular flexibility index (Phi) is 5.33. The lowest BCUT2D eigenvalue weighted by Crippen LogP contribution is -2.17. The second kappa shape index (κ2) is 6.56. The van der Waals surface area contributed by atoms with Gasteiger partial charge in [-0.15, -0.1) is 0 Å². The fraction of sp³-hybridized carbons (Fsp3) is 0.500. The Morgan fingerprint density at radius 1 is 1.25 bits per heavy atom. The summed E-state index contributed by atoms with van der Waals surface area (Å²) in [4.78, 5) is 10.6. The lowest BCUT2D eigenvalue weighted by molar-refractivity contribution is -0.137. The molecule has 0 aromatic heterocycles. The lowest BCUT2D eigenvalue weighted by Gasteiger charge is -2.22. The number of hydrogen-bond donors (Lipinski definition) is 2. The van der Waals surface area contributed by atoms with E-state index in [1.165, 1.54) is 14.2 Å². The van der Waals surface area contributed by atoms with E-state index in [1.54, 1.807) is 13.8 Å². The van der Waals surface area contributed by atoms with Gasteiger partial charge in [-0.25, -0.2) is 4.39 Å². The molecular formula is C14H20FNO4.